The van der Waals surface area contributed by atoms with Gasteiger partial charge in [-0.1, -0.05) is 36.2 Å². The van der Waals surface area contributed by atoms with Crippen molar-refractivity contribution in [2.75, 3.05) is 19.0 Å². The lowest BCUT2D eigenvalue weighted by molar-refractivity contribution is -0.103. The fourth-order valence-corrected chi connectivity index (χ4v) is 7.03. The Kier molecular flexibility index (Phi) is 7.00. The minimum atomic E-state index is -0.0458. The highest BCUT2D eigenvalue weighted by molar-refractivity contribution is 9.10. The van der Waals surface area contributed by atoms with E-state index in [0.29, 0.717) is 35.9 Å². The molecule has 5 nitrogen and oxygen atoms in total. The molecule has 0 saturated heterocycles. The zero-order valence-corrected chi connectivity index (χ0v) is 22.6. The van der Waals surface area contributed by atoms with Gasteiger partial charge in [0, 0.05) is 41.0 Å². The molecule has 6 rings (SSSR count). The van der Waals surface area contributed by atoms with E-state index in [0.717, 1.165) is 71.2 Å². The van der Waals surface area contributed by atoms with Gasteiger partial charge in [-0.2, -0.15) is 5.10 Å². The van der Waals surface area contributed by atoms with Gasteiger partial charge in [-0.05, 0) is 73.5 Å². The maximum Gasteiger partial charge on any atom is 0.272 e. The van der Waals surface area contributed by atoms with E-state index in [1.807, 2.05) is 16.8 Å². The Morgan fingerprint density at radius 3 is 2.91 bits per heavy atom. The number of fused-ring (bicyclic) bond motifs is 5. The van der Waals surface area contributed by atoms with Crippen molar-refractivity contribution in [3.8, 4) is 17.0 Å². The van der Waals surface area contributed by atoms with E-state index in [1.54, 1.807) is 0 Å². The zero-order chi connectivity index (χ0) is 23.9. The number of aromatic nitrogens is 2. The third-order valence-electron chi connectivity index (χ3n) is 8.60. The normalized spacial score (nSPS) is 24.3. The van der Waals surface area contributed by atoms with Gasteiger partial charge in [-0.15, -0.1) is 11.6 Å². The Hall–Kier alpha value is -1.53. The number of carbonyl (C=O) groups is 1. The first-order valence-electron chi connectivity index (χ1n) is 12.8. The summed E-state index contributed by atoms with van der Waals surface area (Å²) in [5.74, 6) is 3.63. The van der Waals surface area contributed by atoms with Gasteiger partial charge in [0.1, 0.15) is 5.75 Å². The Labute approximate surface area is 216 Å². The summed E-state index contributed by atoms with van der Waals surface area (Å²) >= 11 is 9.44. The Balaban J connectivity index is 1.40. The average molecular weight is 549 g/mol. The highest BCUT2D eigenvalue weighted by atomic mass is 79.9. The molecule has 4 aliphatic rings. The van der Waals surface area contributed by atoms with Crippen LogP contribution in [0.3, 0.4) is 0 Å². The van der Waals surface area contributed by atoms with Gasteiger partial charge in [0.2, 0.25) is 0 Å². The molecule has 1 amide bonds. The van der Waals surface area contributed by atoms with Crippen molar-refractivity contribution in [3.05, 3.63) is 33.9 Å². The smallest absolute Gasteiger partial charge is 0.272 e. The first-order chi connectivity index (χ1) is 16.4. The molecule has 1 N–H and O–H groups in total. The van der Waals surface area contributed by atoms with E-state index in [-0.39, 0.29) is 5.91 Å². The van der Waals surface area contributed by atoms with Crippen molar-refractivity contribution in [3.63, 3.8) is 0 Å². The molecule has 3 saturated carbocycles. The monoisotopic (exact) mass is 547 g/mol. The van der Waals surface area contributed by atoms with Crippen molar-refractivity contribution in [1.82, 2.24) is 15.1 Å². The van der Waals surface area contributed by atoms with E-state index in [1.165, 1.54) is 19.3 Å². The predicted octanol–water partition coefficient (Wildman–Crippen LogP) is 6.46. The summed E-state index contributed by atoms with van der Waals surface area (Å²) in [6.07, 6.45) is 7.53. The fourth-order valence-electron chi connectivity index (χ4n) is 6.50. The molecule has 1 aromatic carbocycles. The van der Waals surface area contributed by atoms with Crippen molar-refractivity contribution in [1.29, 1.82) is 0 Å². The number of benzene rings is 1. The zero-order valence-electron chi connectivity index (χ0n) is 20.2. The van der Waals surface area contributed by atoms with Crippen LogP contribution in [-0.4, -0.2) is 34.7 Å². The SMILES string of the molecule is CC1(C)C2CCC(CNC(=O)c3nn(CCCCCCl)c4c3CCOc3cc(Br)ccc3-4)C1C2. The first kappa shape index (κ1) is 24.2. The van der Waals surface area contributed by atoms with Crippen LogP contribution < -0.4 is 10.1 Å². The largest absolute Gasteiger partial charge is 0.492 e. The van der Waals surface area contributed by atoms with Crippen LogP contribution in [0.1, 0.15) is 68.4 Å². The molecule has 2 bridgehead atoms. The molecule has 7 heteroatoms. The minimum absolute atomic E-state index is 0.0458. The van der Waals surface area contributed by atoms with Crippen LogP contribution >= 0.6 is 27.5 Å². The lowest BCUT2D eigenvalue weighted by Gasteiger charge is -2.60. The third kappa shape index (κ3) is 4.41. The molecule has 184 valence electrons. The number of hydrogen-bond acceptors (Lipinski definition) is 3. The number of nitrogens with zero attached hydrogens (tertiary/aromatic N) is 2. The number of alkyl halides is 1. The number of halogens is 2. The van der Waals surface area contributed by atoms with Gasteiger partial charge >= 0.3 is 0 Å². The predicted molar refractivity (Wildman–Crippen MR) is 140 cm³/mol. The summed E-state index contributed by atoms with van der Waals surface area (Å²) in [6.45, 7) is 6.86. The molecular formula is C27H35BrClN3O2. The van der Waals surface area contributed by atoms with Crippen LogP contribution in [0.15, 0.2) is 22.7 Å². The highest BCUT2D eigenvalue weighted by Gasteiger charge is 2.54. The van der Waals surface area contributed by atoms with E-state index in [4.69, 9.17) is 21.4 Å². The maximum atomic E-state index is 13.5. The lowest BCUT2D eigenvalue weighted by Crippen LogP contribution is -2.54. The first-order valence-corrected chi connectivity index (χ1v) is 14.1. The van der Waals surface area contributed by atoms with Crippen molar-refractivity contribution >= 4 is 33.4 Å². The third-order valence-corrected chi connectivity index (χ3v) is 9.36. The summed E-state index contributed by atoms with van der Waals surface area (Å²) in [6, 6.07) is 6.10. The van der Waals surface area contributed by atoms with Crippen molar-refractivity contribution in [2.45, 2.75) is 65.3 Å². The van der Waals surface area contributed by atoms with Crippen LogP contribution in [0, 0.1) is 23.2 Å². The molecule has 0 radical (unpaired) electrons. The number of hydrogen-bond donors (Lipinski definition) is 1. The summed E-state index contributed by atoms with van der Waals surface area (Å²) in [5, 5.41) is 8.15. The maximum absolute atomic E-state index is 13.5. The minimum Gasteiger partial charge on any atom is -0.492 e. The molecule has 1 aromatic heterocycles. The Bertz CT molecular complexity index is 1060. The molecule has 2 heterocycles. The van der Waals surface area contributed by atoms with Crippen LogP contribution in [-0.2, 0) is 13.0 Å². The second kappa shape index (κ2) is 9.85. The number of unbranched alkanes of at least 4 members (excludes halogenated alkanes) is 2. The second-order valence-electron chi connectivity index (χ2n) is 10.8. The summed E-state index contributed by atoms with van der Waals surface area (Å²) in [5.41, 5.74) is 4.02. The van der Waals surface area contributed by atoms with Gasteiger partial charge in [0.05, 0.1) is 12.3 Å². The standard InChI is InChI=1S/C27H35BrClN3O2/c1-27(2)18-7-6-17(22(27)14-18)16-30-26(33)24-21-10-13-34-23-15-19(28)8-9-20(23)25(21)32(31-24)12-5-3-4-11-29/h8-9,15,17-18,22H,3-7,10-14,16H2,1-2H3,(H,30,33). The van der Waals surface area contributed by atoms with Gasteiger partial charge in [0.15, 0.2) is 5.69 Å². The molecule has 34 heavy (non-hydrogen) atoms. The number of carbonyl (C=O) groups excluding carboxylic acids is 1. The number of ether oxygens (including phenoxy) is 1. The number of amides is 1. The quantitative estimate of drug-likeness (QED) is 0.304. The van der Waals surface area contributed by atoms with Crippen molar-refractivity contribution < 1.29 is 9.53 Å². The molecule has 3 atom stereocenters. The van der Waals surface area contributed by atoms with Crippen LogP contribution in [0.4, 0.5) is 0 Å². The molecule has 0 spiro atoms. The van der Waals surface area contributed by atoms with Gasteiger partial charge < -0.3 is 10.1 Å². The topological polar surface area (TPSA) is 56.2 Å². The Morgan fingerprint density at radius 2 is 2.15 bits per heavy atom. The fraction of sp³-hybridized carbons (Fsp3) is 0.630. The Morgan fingerprint density at radius 1 is 1.29 bits per heavy atom. The molecule has 1 aliphatic heterocycles. The molecule has 3 aliphatic carbocycles. The van der Waals surface area contributed by atoms with E-state index in [2.05, 4.69) is 41.2 Å². The summed E-state index contributed by atoms with van der Waals surface area (Å²) in [7, 11) is 0. The lowest BCUT2D eigenvalue weighted by atomic mass is 9.45. The van der Waals surface area contributed by atoms with E-state index < -0.39 is 0 Å². The summed E-state index contributed by atoms with van der Waals surface area (Å²) < 4.78 is 9.09. The molecule has 3 fully saturated rings. The van der Waals surface area contributed by atoms with Crippen molar-refractivity contribution in [2.24, 2.45) is 23.2 Å². The number of rotatable bonds is 8. The highest BCUT2D eigenvalue weighted by Crippen LogP contribution is 2.61. The van der Waals surface area contributed by atoms with Gasteiger partial charge in [-0.3, -0.25) is 9.48 Å². The van der Waals surface area contributed by atoms with E-state index >= 15 is 0 Å². The molecule has 3 unspecified atom stereocenters. The summed E-state index contributed by atoms with van der Waals surface area (Å²) in [4.78, 5) is 13.5. The second-order valence-corrected chi connectivity index (χ2v) is 12.1. The number of nitrogens with one attached hydrogen (secondary N) is 1. The average Bonchev–Trinajstić information content (AvgIpc) is 3.07. The molecule has 2 aromatic rings. The van der Waals surface area contributed by atoms with Crippen LogP contribution in [0.25, 0.3) is 11.3 Å². The van der Waals surface area contributed by atoms with Crippen LogP contribution in [0.2, 0.25) is 0 Å². The van der Waals surface area contributed by atoms with Gasteiger partial charge in [0.25, 0.3) is 5.91 Å². The van der Waals surface area contributed by atoms with Crippen LogP contribution in [0.5, 0.6) is 5.75 Å². The molecular weight excluding hydrogens is 514 g/mol. The van der Waals surface area contributed by atoms with E-state index in [9.17, 15) is 4.79 Å². The van der Waals surface area contributed by atoms with Gasteiger partial charge in [-0.25, -0.2) is 0 Å². The number of aryl methyl sites for hydroxylation is 1.